The van der Waals surface area contributed by atoms with Crippen LogP contribution < -0.4 is 9.80 Å². The molecule has 1 aromatic rings. The van der Waals surface area contributed by atoms with Gasteiger partial charge in [-0.1, -0.05) is 19.3 Å². The van der Waals surface area contributed by atoms with Gasteiger partial charge in [0.25, 0.3) is 0 Å². The molecule has 0 unspecified atom stereocenters. The molecule has 0 radical (unpaired) electrons. The minimum absolute atomic E-state index is 0.0129. The Bertz CT molecular complexity index is 825. The first kappa shape index (κ1) is 18.9. The maximum atomic E-state index is 15.5. The zero-order chi connectivity index (χ0) is 19.2. The standard InChI is InChI=1S/C19H27F2N3O2S/c1-13-7-5-6-10-23(13)19-15(20)17-16(18(21)22-19)24(11-12-27(17,25)26)14-8-3-2-4-9-14/h13-14H,2-12H2,1H3/t13-/m0/s1. The third-order valence-electron chi connectivity index (χ3n) is 6.30. The molecule has 4 rings (SSSR count). The van der Waals surface area contributed by atoms with Crippen LogP contribution >= 0.6 is 0 Å². The van der Waals surface area contributed by atoms with E-state index in [-0.39, 0.29) is 35.9 Å². The van der Waals surface area contributed by atoms with Crippen molar-refractivity contribution in [2.45, 2.75) is 75.3 Å². The monoisotopic (exact) mass is 399 g/mol. The molecular weight excluding hydrogens is 372 g/mol. The summed E-state index contributed by atoms with van der Waals surface area (Å²) in [6.45, 7) is 2.72. The van der Waals surface area contributed by atoms with Gasteiger partial charge in [0.15, 0.2) is 21.5 Å². The van der Waals surface area contributed by atoms with Gasteiger partial charge in [0.1, 0.15) is 10.6 Å². The largest absolute Gasteiger partial charge is 0.363 e. The van der Waals surface area contributed by atoms with Crippen LogP contribution in [0.2, 0.25) is 0 Å². The Labute approximate surface area is 159 Å². The van der Waals surface area contributed by atoms with Gasteiger partial charge in [-0.05, 0) is 39.0 Å². The summed E-state index contributed by atoms with van der Waals surface area (Å²) in [6, 6.07) is 0.0717. The normalized spacial score (nSPS) is 26.1. The van der Waals surface area contributed by atoms with E-state index in [4.69, 9.17) is 0 Å². The van der Waals surface area contributed by atoms with Gasteiger partial charge in [-0.15, -0.1) is 0 Å². The summed E-state index contributed by atoms with van der Waals surface area (Å²) in [6.07, 6.45) is 7.72. The van der Waals surface area contributed by atoms with E-state index < -0.39 is 26.5 Å². The highest BCUT2D eigenvalue weighted by Gasteiger charge is 2.40. The van der Waals surface area contributed by atoms with Crippen molar-refractivity contribution in [1.82, 2.24) is 4.98 Å². The summed E-state index contributed by atoms with van der Waals surface area (Å²) < 4.78 is 56.0. The molecule has 1 saturated heterocycles. The predicted molar refractivity (Wildman–Crippen MR) is 101 cm³/mol. The Morgan fingerprint density at radius 2 is 1.67 bits per heavy atom. The molecule has 1 atom stereocenters. The number of piperidine rings is 1. The number of halogens is 2. The highest BCUT2D eigenvalue weighted by atomic mass is 32.2. The Morgan fingerprint density at radius 1 is 0.963 bits per heavy atom. The fourth-order valence-corrected chi connectivity index (χ4v) is 6.32. The van der Waals surface area contributed by atoms with Crippen molar-refractivity contribution in [2.75, 3.05) is 28.6 Å². The van der Waals surface area contributed by atoms with E-state index in [9.17, 15) is 8.42 Å². The number of nitrogens with zero attached hydrogens (tertiary/aromatic N) is 3. The Hall–Kier alpha value is -1.44. The average Bonchev–Trinajstić information content (AvgIpc) is 2.65. The van der Waals surface area contributed by atoms with E-state index in [0.29, 0.717) is 6.54 Å². The second-order valence-corrected chi connectivity index (χ2v) is 10.1. The highest BCUT2D eigenvalue weighted by molar-refractivity contribution is 7.91. The number of anilines is 2. The van der Waals surface area contributed by atoms with Gasteiger partial charge < -0.3 is 9.80 Å². The van der Waals surface area contributed by atoms with Crippen LogP contribution in [0.25, 0.3) is 0 Å². The summed E-state index contributed by atoms with van der Waals surface area (Å²) in [4.78, 5) is 6.96. The van der Waals surface area contributed by atoms with E-state index in [0.717, 1.165) is 51.4 Å². The number of fused-ring (bicyclic) bond motifs is 1. The molecule has 2 fully saturated rings. The third kappa shape index (κ3) is 3.30. The van der Waals surface area contributed by atoms with Crippen molar-refractivity contribution < 1.29 is 17.2 Å². The lowest BCUT2D eigenvalue weighted by molar-refractivity contribution is 0.404. The van der Waals surface area contributed by atoms with E-state index in [1.165, 1.54) is 0 Å². The van der Waals surface area contributed by atoms with Crippen molar-refractivity contribution in [1.29, 1.82) is 0 Å². The smallest absolute Gasteiger partial charge is 0.239 e. The number of aromatic nitrogens is 1. The first-order chi connectivity index (χ1) is 12.9. The molecule has 0 aromatic carbocycles. The van der Waals surface area contributed by atoms with Gasteiger partial charge in [-0.25, -0.2) is 12.8 Å². The third-order valence-corrected chi connectivity index (χ3v) is 8.01. The zero-order valence-electron chi connectivity index (χ0n) is 15.8. The lowest BCUT2D eigenvalue weighted by atomic mass is 9.94. The second kappa shape index (κ2) is 7.18. The molecule has 3 heterocycles. The molecule has 0 spiro atoms. The quantitative estimate of drug-likeness (QED) is 0.711. The molecule has 0 N–H and O–H groups in total. The summed E-state index contributed by atoms with van der Waals surface area (Å²) in [5.74, 6) is -2.05. The molecule has 1 aliphatic carbocycles. The minimum atomic E-state index is -3.87. The second-order valence-electron chi connectivity index (χ2n) is 8.06. The summed E-state index contributed by atoms with van der Waals surface area (Å²) in [5.41, 5.74) is -0.140. The van der Waals surface area contributed by atoms with Crippen molar-refractivity contribution in [3.63, 3.8) is 0 Å². The van der Waals surface area contributed by atoms with Crippen molar-refractivity contribution in [3.05, 3.63) is 11.8 Å². The molecule has 0 bridgehead atoms. The first-order valence-electron chi connectivity index (χ1n) is 10.0. The number of sulfone groups is 1. The van der Waals surface area contributed by atoms with Crippen molar-refractivity contribution in [2.24, 2.45) is 0 Å². The van der Waals surface area contributed by atoms with E-state index in [1.54, 1.807) is 9.80 Å². The predicted octanol–water partition coefficient (Wildman–Crippen LogP) is 3.67. The molecule has 5 nitrogen and oxygen atoms in total. The van der Waals surface area contributed by atoms with Crippen LogP contribution in [0.15, 0.2) is 4.90 Å². The average molecular weight is 400 g/mol. The molecule has 1 saturated carbocycles. The first-order valence-corrected chi connectivity index (χ1v) is 11.7. The fourth-order valence-electron chi connectivity index (χ4n) is 4.82. The van der Waals surface area contributed by atoms with Gasteiger partial charge in [-0.3, -0.25) is 0 Å². The summed E-state index contributed by atoms with van der Waals surface area (Å²) >= 11 is 0. The van der Waals surface area contributed by atoms with E-state index >= 15 is 8.78 Å². The topological polar surface area (TPSA) is 53.5 Å². The molecular formula is C19H27F2N3O2S. The SMILES string of the molecule is C[C@H]1CCCCN1c1nc(F)c2c(c1F)S(=O)(=O)CCN2C1CCCCC1. The Kier molecular flexibility index (Phi) is 5.03. The number of hydrogen-bond acceptors (Lipinski definition) is 5. The Morgan fingerprint density at radius 3 is 2.37 bits per heavy atom. The molecule has 27 heavy (non-hydrogen) atoms. The van der Waals surface area contributed by atoms with Gasteiger partial charge in [0, 0.05) is 25.2 Å². The van der Waals surface area contributed by atoms with Crippen LogP contribution in [0.5, 0.6) is 0 Å². The highest BCUT2D eigenvalue weighted by Crippen LogP contribution is 2.41. The zero-order valence-corrected chi connectivity index (χ0v) is 16.6. The number of pyridine rings is 1. The van der Waals surface area contributed by atoms with Crippen molar-refractivity contribution >= 4 is 21.3 Å². The van der Waals surface area contributed by atoms with Crippen LogP contribution in [0, 0.1) is 11.8 Å². The van der Waals surface area contributed by atoms with E-state index in [1.807, 2.05) is 6.92 Å². The molecule has 1 aromatic heterocycles. The lowest BCUT2D eigenvalue weighted by Gasteiger charge is -2.40. The minimum Gasteiger partial charge on any atom is -0.363 e. The Balaban J connectivity index is 1.83. The fraction of sp³-hybridized carbons (Fsp3) is 0.737. The van der Waals surface area contributed by atoms with Crippen LogP contribution in [0.3, 0.4) is 0 Å². The number of rotatable bonds is 2. The van der Waals surface area contributed by atoms with Crippen LogP contribution in [-0.2, 0) is 9.84 Å². The maximum Gasteiger partial charge on any atom is 0.239 e. The van der Waals surface area contributed by atoms with Crippen molar-refractivity contribution in [3.8, 4) is 0 Å². The molecule has 150 valence electrons. The van der Waals surface area contributed by atoms with Gasteiger partial charge in [0.2, 0.25) is 5.95 Å². The summed E-state index contributed by atoms with van der Waals surface area (Å²) in [7, 11) is -3.87. The van der Waals surface area contributed by atoms with Gasteiger partial charge in [-0.2, -0.15) is 9.37 Å². The summed E-state index contributed by atoms with van der Waals surface area (Å²) in [5, 5.41) is 0. The maximum absolute atomic E-state index is 15.5. The van der Waals surface area contributed by atoms with E-state index in [2.05, 4.69) is 4.98 Å². The lowest BCUT2D eigenvalue weighted by Crippen LogP contribution is -2.45. The molecule has 2 aliphatic heterocycles. The molecule has 0 amide bonds. The van der Waals surface area contributed by atoms with Crippen LogP contribution in [-0.4, -0.2) is 44.3 Å². The number of hydrogen-bond donors (Lipinski definition) is 0. The van der Waals surface area contributed by atoms with Crippen LogP contribution in [0.1, 0.15) is 58.3 Å². The van der Waals surface area contributed by atoms with Crippen LogP contribution in [0.4, 0.5) is 20.3 Å². The van der Waals surface area contributed by atoms with Gasteiger partial charge in [0.05, 0.1) is 5.75 Å². The molecule has 3 aliphatic rings. The van der Waals surface area contributed by atoms with Gasteiger partial charge >= 0.3 is 0 Å². The molecule has 8 heteroatoms.